The molecule has 0 fully saturated rings. The zero-order valence-corrected chi connectivity index (χ0v) is 10.7. The maximum Gasteiger partial charge on any atom is 0.252 e. The molecule has 0 bridgehead atoms. The van der Waals surface area contributed by atoms with E-state index in [1.54, 1.807) is 19.1 Å². The number of sulfonamides is 1. The first-order valence-corrected chi connectivity index (χ1v) is 6.77. The average molecular weight is 279 g/mol. The first-order valence-electron chi connectivity index (χ1n) is 5.33. The van der Waals surface area contributed by atoms with Crippen molar-refractivity contribution in [3.8, 4) is 0 Å². The Kier molecular flexibility index (Phi) is 5.18. The fraction of sp³-hybridized carbons (Fsp3) is 0.455. The highest BCUT2D eigenvalue weighted by Crippen LogP contribution is 2.17. The molecule has 0 radical (unpaired) electrons. The van der Waals surface area contributed by atoms with Gasteiger partial charge in [-0.2, -0.15) is 4.31 Å². The van der Waals surface area contributed by atoms with Gasteiger partial charge in [-0.1, -0.05) is 17.7 Å². The smallest absolute Gasteiger partial charge is 0.252 e. The lowest BCUT2D eigenvalue weighted by atomic mass is 10.2. The van der Waals surface area contributed by atoms with Crippen molar-refractivity contribution < 1.29 is 22.3 Å². The summed E-state index contributed by atoms with van der Waals surface area (Å²) >= 11 is 0. The van der Waals surface area contributed by atoms with Gasteiger partial charge in [-0.25, -0.2) is 17.2 Å². The zero-order valence-electron chi connectivity index (χ0n) is 9.88. The third-order valence-corrected chi connectivity index (χ3v) is 4.23. The second-order valence-corrected chi connectivity index (χ2v) is 5.73. The second kappa shape index (κ2) is 6.21. The Labute approximate surface area is 105 Å². The zero-order chi connectivity index (χ0) is 13.8. The highest BCUT2D eigenvalue weighted by molar-refractivity contribution is 7.89. The molecule has 0 aliphatic carbocycles. The number of aliphatic hydroxyl groups excluding tert-OH is 1. The average Bonchev–Trinajstić information content (AvgIpc) is 2.28. The van der Waals surface area contributed by atoms with Crippen LogP contribution in [0.5, 0.6) is 0 Å². The van der Waals surface area contributed by atoms with Crippen LogP contribution in [0.2, 0.25) is 0 Å². The molecule has 0 atom stereocenters. The normalized spacial score (nSPS) is 12.3. The summed E-state index contributed by atoms with van der Waals surface area (Å²) in [6.45, 7) is 0.0240. The first-order chi connectivity index (χ1) is 8.37. The standard InChI is InChI=1S/C11H15F2NO3S/c1-9-2-4-10(5-3-9)18(16,17)14(6-7-15)8-11(12)13/h2-5,11,15H,6-8H2,1H3. The van der Waals surface area contributed by atoms with Crippen LogP contribution in [0.3, 0.4) is 0 Å². The lowest BCUT2D eigenvalue weighted by Crippen LogP contribution is -2.37. The van der Waals surface area contributed by atoms with E-state index in [0.717, 1.165) is 5.56 Å². The molecule has 0 saturated carbocycles. The van der Waals surface area contributed by atoms with Crippen LogP contribution in [-0.4, -0.2) is 44.0 Å². The molecule has 0 heterocycles. The van der Waals surface area contributed by atoms with E-state index in [0.29, 0.717) is 4.31 Å². The number of benzene rings is 1. The van der Waals surface area contributed by atoms with Gasteiger partial charge in [0.05, 0.1) is 18.0 Å². The maximum atomic E-state index is 12.3. The number of nitrogens with zero attached hydrogens (tertiary/aromatic N) is 1. The molecule has 0 spiro atoms. The summed E-state index contributed by atoms with van der Waals surface area (Å²) in [4.78, 5) is -0.0535. The second-order valence-electron chi connectivity index (χ2n) is 3.79. The molecule has 0 unspecified atom stereocenters. The van der Waals surface area contributed by atoms with E-state index in [2.05, 4.69) is 0 Å². The summed E-state index contributed by atoms with van der Waals surface area (Å²) < 4.78 is 49.3. The fourth-order valence-corrected chi connectivity index (χ4v) is 2.84. The number of halogens is 2. The van der Waals surface area contributed by atoms with Crippen LogP contribution in [-0.2, 0) is 10.0 Å². The van der Waals surface area contributed by atoms with Gasteiger partial charge >= 0.3 is 0 Å². The van der Waals surface area contributed by atoms with E-state index < -0.39 is 29.6 Å². The molecule has 1 aromatic carbocycles. The minimum Gasteiger partial charge on any atom is -0.395 e. The predicted octanol–water partition coefficient (Wildman–Crippen LogP) is 1.24. The van der Waals surface area contributed by atoms with Gasteiger partial charge in [-0.3, -0.25) is 0 Å². The molecule has 0 aliphatic heterocycles. The number of aryl methyl sites for hydroxylation is 1. The van der Waals surface area contributed by atoms with Crippen molar-refractivity contribution in [1.82, 2.24) is 4.31 Å². The number of aliphatic hydroxyl groups is 1. The molecule has 0 aromatic heterocycles. The molecular weight excluding hydrogens is 264 g/mol. The van der Waals surface area contributed by atoms with Gasteiger partial charge in [-0.15, -0.1) is 0 Å². The van der Waals surface area contributed by atoms with Gasteiger partial charge in [0, 0.05) is 6.54 Å². The Bertz CT molecular complexity index is 474. The van der Waals surface area contributed by atoms with Crippen molar-refractivity contribution in [3.63, 3.8) is 0 Å². The minimum absolute atomic E-state index is 0.0535. The number of alkyl halides is 2. The molecule has 1 N–H and O–H groups in total. The van der Waals surface area contributed by atoms with Crippen LogP contribution >= 0.6 is 0 Å². The van der Waals surface area contributed by atoms with Crippen molar-refractivity contribution in [2.75, 3.05) is 19.7 Å². The van der Waals surface area contributed by atoms with Gasteiger partial charge in [-0.05, 0) is 19.1 Å². The van der Waals surface area contributed by atoms with Crippen LogP contribution < -0.4 is 0 Å². The minimum atomic E-state index is -3.98. The lowest BCUT2D eigenvalue weighted by molar-refractivity contribution is 0.113. The number of rotatable bonds is 6. The molecule has 7 heteroatoms. The van der Waals surface area contributed by atoms with Crippen LogP contribution in [0.4, 0.5) is 8.78 Å². The molecule has 1 rings (SSSR count). The van der Waals surface area contributed by atoms with Crippen molar-refractivity contribution in [2.45, 2.75) is 18.2 Å². The third kappa shape index (κ3) is 3.72. The van der Waals surface area contributed by atoms with Crippen LogP contribution in [0.1, 0.15) is 5.56 Å². The van der Waals surface area contributed by atoms with Crippen molar-refractivity contribution in [1.29, 1.82) is 0 Å². The molecule has 1 aromatic rings. The fourth-order valence-electron chi connectivity index (χ4n) is 1.43. The third-order valence-electron chi connectivity index (χ3n) is 2.35. The topological polar surface area (TPSA) is 57.6 Å². The van der Waals surface area contributed by atoms with Gasteiger partial charge in [0.2, 0.25) is 10.0 Å². The molecular formula is C11H15F2NO3S. The van der Waals surface area contributed by atoms with Gasteiger partial charge in [0.1, 0.15) is 0 Å². The van der Waals surface area contributed by atoms with E-state index in [9.17, 15) is 17.2 Å². The molecule has 4 nitrogen and oxygen atoms in total. The van der Waals surface area contributed by atoms with Crippen molar-refractivity contribution in [2.24, 2.45) is 0 Å². The summed E-state index contributed by atoms with van der Waals surface area (Å²) in [5.41, 5.74) is 0.872. The van der Waals surface area contributed by atoms with Gasteiger partial charge < -0.3 is 5.11 Å². The van der Waals surface area contributed by atoms with Crippen LogP contribution in [0.25, 0.3) is 0 Å². The Morgan fingerprint density at radius 3 is 2.28 bits per heavy atom. The molecule has 0 saturated heterocycles. The summed E-state index contributed by atoms with van der Waals surface area (Å²) in [6.07, 6.45) is -2.78. The van der Waals surface area contributed by atoms with Gasteiger partial charge in [0.25, 0.3) is 6.43 Å². The van der Waals surface area contributed by atoms with E-state index in [1.807, 2.05) is 0 Å². The molecule has 0 amide bonds. The SMILES string of the molecule is Cc1ccc(S(=O)(=O)N(CCO)CC(F)F)cc1. The van der Waals surface area contributed by atoms with Crippen LogP contribution in [0.15, 0.2) is 29.2 Å². The lowest BCUT2D eigenvalue weighted by Gasteiger charge is -2.20. The highest BCUT2D eigenvalue weighted by Gasteiger charge is 2.26. The number of hydrogen-bond donors (Lipinski definition) is 1. The van der Waals surface area contributed by atoms with Gasteiger partial charge in [0.15, 0.2) is 0 Å². The molecule has 18 heavy (non-hydrogen) atoms. The quantitative estimate of drug-likeness (QED) is 0.852. The Morgan fingerprint density at radius 1 is 1.28 bits per heavy atom. The summed E-state index contributed by atoms with van der Waals surface area (Å²) in [6, 6.07) is 5.90. The van der Waals surface area contributed by atoms with Crippen molar-refractivity contribution in [3.05, 3.63) is 29.8 Å². The maximum absolute atomic E-state index is 12.3. The summed E-state index contributed by atoms with van der Waals surface area (Å²) in [7, 11) is -3.98. The first kappa shape index (κ1) is 15.0. The summed E-state index contributed by atoms with van der Waals surface area (Å²) in [5.74, 6) is 0. The van der Waals surface area contributed by atoms with Crippen molar-refractivity contribution >= 4 is 10.0 Å². The molecule has 0 aliphatic rings. The Balaban J connectivity index is 3.04. The van der Waals surface area contributed by atoms with E-state index >= 15 is 0 Å². The highest BCUT2D eigenvalue weighted by atomic mass is 32.2. The summed E-state index contributed by atoms with van der Waals surface area (Å²) in [5, 5.41) is 8.75. The molecule has 102 valence electrons. The largest absolute Gasteiger partial charge is 0.395 e. The van der Waals surface area contributed by atoms with E-state index in [-0.39, 0.29) is 11.4 Å². The predicted molar refractivity (Wildman–Crippen MR) is 63.0 cm³/mol. The monoisotopic (exact) mass is 279 g/mol. The Morgan fingerprint density at radius 2 is 1.83 bits per heavy atom. The van der Waals surface area contributed by atoms with E-state index in [4.69, 9.17) is 5.11 Å². The van der Waals surface area contributed by atoms with Crippen LogP contribution in [0, 0.1) is 6.92 Å². The number of hydrogen-bond acceptors (Lipinski definition) is 3. The Hall–Kier alpha value is -1.05. The van der Waals surface area contributed by atoms with E-state index in [1.165, 1.54) is 12.1 Å².